The van der Waals surface area contributed by atoms with E-state index in [-0.39, 0.29) is 30.3 Å². The zero-order valence-corrected chi connectivity index (χ0v) is 16.1. The smallest absolute Gasteiger partial charge is 0.228 e. The maximum absolute atomic E-state index is 12.9. The van der Waals surface area contributed by atoms with Gasteiger partial charge in [0.05, 0.1) is 5.92 Å². The molecule has 1 atom stereocenters. The third-order valence-corrected chi connectivity index (χ3v) is 5.45. The molecule has 0 unspecified atom stereocenters. The van der Waals surface area contributed by atoms with Crippen LogP contribution in [-0.4, -0.2) is 47.4 Å². The third kappa shape index (κ3) is 4.01. The van der Waals surface area contributed by atoms with Gasteiger partial charge in [-0.05, 0) is 25.1 Å². The zero-order chi connectivity index (χ0) is 19.5. The van der Waals surface area contributed by atoms with Crippen molar-refractivity contribution >= 4 is 17.5 Å². The number of carbonyl (C=O) groups is 2. The van der Waals surface area contributed by atoms with Gasteiger partial charge in [0.15, 0.2) is 0 Å². The summed E-state index contributed by atoms with van der Waals surface area (Å²) in [5.41, 5.74) is 1.79. The molecule has 3 heterocycles. The van der Waals surface area contributed by atoms with Crippen LogP contribution in [0.5, 0.6) is 5.88 Å². The number of ether oxygens (including phenoxy) is 1. The molecule has 2 saturated heterocycles. The molecule has 28 heavy (non-hydrogen) atoms. The average Bonchev–Trinajstić information content (AvgIpc) is 3.10. The number of anilines is 1. The number of pyridine rings is 1. The summed E-state index contributed by atoms with van der Waals surface area (Å²) in [6, 6.07) is 15.3. The van der Waals surface area contributed by atoms with Crippen LogP contribution in [0.25, 0.3) is 0 Å². The van der Waals surface area contributed by atoms with Crippen LogP contribution < -0.4 is 9.64 Å². The van der Waals surface area contributed by atoms with Gasteiger partial charge in [0.2, 0.25) is 17.7 Å². The van der Waals surface area contributed by atoms with Gasteiger partial charge in [0, 0.05) is 56.3 Å². The predicted octanol–water partition coefficient (Wildman–Crippen LogP) is 2.81. The Kier molecular flexibility index (Phi) is 5.28. The molecule has 2 fully saturated rings. The average molecular weight is 379 g/mol. The molecule has 146 valence electrons. The van der Waals surface area contributed by atoms with Gasteiger partial charge in [-0.1, -0.05) is 24.3 Å². The molecular formula is C22H25N3O3. The van der Waals surface area contributed by atoms with Gasteiger partial charge in [0.25, 0.3) is 0 Å². The number of piperidine rings is 1. The fraction of sp³-hybridized carbons (Fsp3) is 0.409. The first-order valence-corrected chi connectivity index (χ1v) is 9.84. The largest absolute Gasteiger partial charge is 0.474 e. The van der Waals surface area contributed by atoms with Crippen LogP contribution in [0, 0.1) is 12.8 Å². The van der Waals surface area contributed by atoms with Gasteiger partial charge in [-0.25, -0.2) is 4.98 Å². The summed E-state index contributed by atoms with van der Waals surface area (Å²) in [5.74, 6) is 0.487. The van der Waals surface area contributed by atoms with Crippen LogP contribution in [0.2, 0.25) is 0 Å². The molecule has 0 aliphatic carbocycles. The molecule has 2 aromatic rings. The number of hydrogen-bond acceptors (Lipinski definition) is 4. The Morgan fingerprint density at radius 3 is 2.54 bits per heavy atom. The van der Waals surface area contributed by atoms with Crippen LogP contribution in [0.4, 0.5) is 5.69 Å². The van der Waals surface area contributed by atoms with E-state index in [0.717, 1.165) is 24.2 Å². The third-order valence-electron chi connectivity index (χ3n) is 5.45. The van der Waals surface area contributed by atoms with E-state index in [1.54, 1.807) is 4.90 Å². The van der Waals surface area contributed by atoms with Crippen molar-refractivity contribution in [3.05, 3.63) is 54.2 Å². The minimum atomic E-state index is -0.261. The van der Waals surface area contributed by atoms with Gasteiger partial charge >= 0.3 is 0 Å². The number of hydrogen-bond donors (Lipinski definition) is 0. The zero-order valence-electron chi connectivity index (χ0n) is 16.1. The van der Waals surface area contributed by atoms with Crippen molar-refractivity contribution in [2.24, 2.45) is 5.92 Å². The van der Waals surface area contributed by atoms with E-state index in [2.05, 4.69) is 4.98 Å². The van der Waals surface area contributed by atoms with Crippen molar-refractivity contribution in [2.75, 3.05) is 24.5 Å². The summed E-state index contributed by atoms with van der Waals surface area (Å²) in [7, 11) is 0. The maximum Gasteiger partial charge on any atom is 0.228 e. The van der Waals surface area contributed by atoms with E-state index in [1.165, 1.54) is 0 Å². The van der Waals surface area contributed by atoms with Gasteiger partial charge in [0.1, 0.15) is 6.10 Å². The number of likely N-dealkylation sites (tertiary alicyclic amines) is 1. The molecule has 2 aliphatic heterocycles. The van der Waals surface area contributed by atoms with Crippen molar-refractivity contribution in [1.82, 2.24) is 9.88 Å². The minimum Gasteiger partial charge on any atom is -0.474 e. The highest BCUT2D eigenvalue weighted by molar-refractivity contribution is 6.00. The minimum absolute atomic E-state index is 0.0216. The normalized spacial score (nSPS) is 20.5. The van der Waals surface area contributed by atoms with Crippen LogP contribution in [0.1, 0.15) is 25.0 Å². The second-order valence-electron chi connectivity index (χ2n) is 7.50. The van der Waals surface area contributed by atoms with Gasteiger partial charge < -0.3 is 14.5 Å². The molecule has 4 rings (SSSR count). The van der Waals surface area contributed by atoms with Crippen molar-refractivity contribution in [2.45, 2.75) is 32.3 Å². The van der Waals surface area contributed by atoms with E-state index in [0.29, 0.717) is 25.5 Å². The Balaban J connectivity index is 1.31. The second kappa shape index (κ2) is 8.00. The SMILES string of the molecule is Cc1cccc(OC2CCN(C(=O)[C@@H]3CC(=O)N(c4ccccc4)C3)CC2)n1. The quantitative estimate of drug-likeness (QED) is 0.820. The Labute approximate surface area is 165 Å². The Hall–Kier alpha value is -2.89. The number of amides is 2. The fourth-order valence-electron chi connectivity index (χ4n) is 3.94. The topological polar surface area (TPSA) is 62.7 Å². The Morgan fingerprint density at radius 1 is 1.07 bits per heavy atom. The van der Waals surface area contributed by atoms with Crippen molar-refractivity contribution in [3.63, 3.8) is 0 Å². The van der Waals surface area contributed by atoms with Crippen LogP contribution in [-0.2, 0) is 9.59 Å². The second-order valence-corrected chi connectivity index (χ2v) is 7.50. The van der Waals surface area contributed by atoms with E-state index < -0.39 is 0 Å². The van der Waals surface area contributed by atoms with Crippen molar-refractivity contribution < 1.29 is 14.3 Å². The highest BCUT2D eigenvalue weighted by Crippen LogP contribution is 2.27. The summed E-state index contributed by atoms with van der Waals surface area (Å²) in [5, 5.41) is 0. The van der Waals surface area contributed by atoms with E-state index >= 15 is 0 Å². The van der Waals surface area contributed by atoms with E-state index in [4.69, 9.17) is 4.74 Å². The van der Waals surface area contributed by atoms with E-state index in [1.807, 2.05) is 60.4 Å². The lowest BCUT2D eigenvalue weighted by Gasteiger charge is -2.33. The van der Waals surface area contributed by atoms with Crippen molar-refractivity contribution in [3.8, 4) is 5.88 Å². The summed E-state index contributed by atoms with van der Waals surface area (Å²) >= 11 is 0. The number of benzene rings is 1. The first-order valence-electron chi connectivity index (χ1n) is 9.84. The predicted molar refractivity (Wildman–Crippen MR) is 106 cm³/mol. The fourth-order valence-corrected chi connectivity index (χ4v) is 3.94. The lowest BCUT2D eigenvalue weighted by molar-refractivity contribution is -0.137. The Morgan fingerprint density at radius 2 is 1.82 bits per heavy atom. The van der Waals surface area contributed by atoms with Crippen LogP contribution in [0.3, 0.4) is 0 Å². The summed E-state index contributed by atoms with van der Waals surface area (Å²) in [6.07, 6.45) is 1.93. The standard InChI is InChI=1S/C22H25N3O3/c1-16-6-5-9-20(23-16)28-19-10-12-24(13-11-19)22(27)17-14-21(26)25(15-17)18-7-3-2-4-8-18/h2-9,17,19H,10-15H2,1H3/t17-/m1/s1. The maximum atomic E-state index is 12.9. The molecule has 1 aromatic carbocycles. The number of carbonyl (C=O) groups excluding carboxylic acids is 2. The lowest BCUT2D eigenvalue weighted by Crippen LogP contribution is -2.45. The molecule has 0 bridgehead atoms. The number of rotatable bonds is 4. The molecule has 6 nitrogen and oxygen atoms in total. The molecule has 2 aliphatic rings. The highest BCUT2D eigenvalue weighted by Gasteiger charge is 2.38. The first kappa shape index (κ1) is 18.5. The number of para-hydroxylation sites is 1. The van der Waals surface area contributed by atoms with Crippen LogP contribution >= 0.6 is 0 Å². The summed E-state index contributed by atoms with van der Waals surface area (Å²) < 4.78 is 5.97. The lowest BCUT2D eigenvalue weighted by atomic mass is 10.0. The highest BCUT2D eigenvalue weighted by atomic mass is 16.5. The van der Waals surface area contributed by atoms with Crippen LogP contribution in [0.15, 0.2) is 48.5 Å². The molecule has 2 amide bonds. The molecular weight excluding hydrogens is 354 g/mol. The molecule has 1 aromatic heterocycles. The molecule has 6 heteroatoms. The number of aryl methyl sites for hydroxylation is 1. The number of aromatic nitrogens is 1. The molecule has 0 spiro atoms. The van der Waals surface area contributed by atoms with E-state index in [9.17, 15) is 9.59 Å². The van der Waals surface area contributed by atoms with Gasteiger partial charge in [-0.2, -0.15) is 0 Å². The number of nitrogens with zero attached hydrogens (tertiary/aromatic N) is 3. The molecule has 0 radical (unpaired) electrons. The van der Waals surface area contributed by atoms with Gasteiger partial charge in [-0.3, -0.25) is 9.59 Å². The summed E-state index contributed by atoms with van der Waals surface area (Å²) in [4.78, 5) is 33.3. The molecule has 0 N–H and O–H groups in total. The summed E-state index contributed by atoms with van der Waals surface area (Å²) in [6.45, 7) is 3.72. The van der Waals surface area contributed by atoms with Gasteiger partial charge in [-0.15, -0.1) is 0 Å². The monoisotopic (exact) mass is 379 g/mol. The molecule has 0 saturated carbocycles. The Bertz CT molecular complexity index is 847. The van der Waals surface area contributed by atoms with Crippen molar-refractivity contribution in [1.29, 1.82) is 0 Å². The first-order chi connectivity index (χ1) is 13.6.